The minimum Gasteiger partial charge on any atom is -0.395 e. The summed E-state index contributed by atoms with van der Waals surface area (Å²) >= 11 is 1.43. The Balaban J connectivity index is 2.64. The topological polar surface area (TPSA) is 73.0 Å². The van der Waals surface area contributed by atoms with Crippen LogP contribution in [0.5, 0.6) is 0 Å². The molecule has 0 unspecified atom stereocenters. The fraction of sp³-hybridized carbons (Fsp3) is 0.267. The van der Waals surface area contributed by atoms with Gasteiger partial charge in [0.2, 0.25) is 0 Å². The SMILES string of the molecule is CSc1nc(-c2ccccc2)c(C#N)c(N(C)CCO)n1. The van der Waals surface area contributed by atoms with Gasteiger partial charge in [0.15, 0.2) is 11.0 Å². The number of aliphatic hydroxyl groups is 1. The van der Waals surface area contributed by atoms with E-state index in [1.807, 2.05) is 36.6 Å². The number of aromatic nitrogens is 2. The van der Waals surface area contributed by atoms with Crippen LogP contribution >= 0.6 is 11.8 Å². The zero-order valence-corrected chi connectivity index (χ0v) is 12.8. The number of likely N-dealkylation sites (N-methyl/N-ethyl adjacent to an activating group) is 1. The van der Waals surface area contributed by atoms with Gasteiger partial charge in [0, 0.05) is 19.2 Å². The molecule has 0 saturated carbocycles. The summed E-state index contributed by atoms with van der Waals surface area (Å²) in [6.07, 6.45) is 1.89. The molecule has 0 saturated heterocycles. The molecule has 1 aromatic carbocycles. The van der Waals surface area contributed by atoms with Crippen molar-refractivity contribution in [3.8, 4) is 17.3 Å². The summed E-state index contributed by atoms with van der Waals surface area (Å²) in [5.41, 5.74) is 1.93. The highest BCUT2D eigenvalue weighted by Crippen LogP contribution is 2.29. The van der Waals surface area contributed by atoms with Gasteiger partial charge in [0.1, 0.15) is 11.6 Å². The van der Waals surface area contributed by atoms with E-state index in [-0.39, 0.29) is 6.61 Å². The lowest BCUT2D eigenvalue weighted by Crippen LogP contribution is -2.24. The van der Waals surface area contributed by atoms with Gasteiger partial charge in [-0.2, -0.15) is 5.26 Å². The Morgan fingerprint density at radius 3 is 2.57 bits per heavy atom. The van der Waals surface area contributed by atoms with E-state index in [4.69, 9.17) is 5.11 Å². The van der Waals surface area contributed by atoms with E-state index in [1.165, 1.54) is 11.8 Å². The highest BCUT2D eigenvalue weighted by molar-refractivity contribution is 7.98. The van der Waals surface area contributed by atoms with Crippen LogP contribution < -0.4 is 4.90 Å². The van der Waals surface area contributed by atoms with Crippen LogP contribution in [0.25, 0.3) is 11.3 Å². The standard InChI is InChI=1S/C15H16N4OS/c1-19(8-9-20)14-12(10-16)13(17-15(18-14)21-2)11-6-4-3-5-7-11/h3-7,20H,8-9H2,1-2H3. The molecule has 5 nitrogen and oxygen atoms in total. The Labute approximate surface area is 128 Å². The summed E-state index contributed by atoms with van der Waals surface area (Å²) in [6.45, 7) is 0.411. The lowest BCUT2D eigenvalue weighted by atomic mass is 10.1. The molecule has 1 heterocycles. The lowest BCUT2D eigenvalue weighted by molar-refractivity contribution is 0.303. The van der Waals surface area contributed by atoms with Crippen LogP contribution in [0, 0.1) is 11.3 Å². The maximum Gasteiger partial charge on any atom is 0.189 e. The van der Waals surface area contributed by atoms with E-state index < -0.39 is 0 Å². The highest BCUT2D eigenvalue weighted by atomic mass is 32.2. The number of hydrogen-bond donors (Lipinski definition) is 1. The van der Waals surface area contributed by atoms with E-state index in [9.17, 15) is 5.26 Å². The maximum atomic E-state index is 9.52. The number of hydrogen-bond acceptors (Lipinski definition) is 6. The minimum absolute atomic E-state index is 0.000638. The van der Waals surface area contributed by atoms with Gasteiger partial charge in [-0.1, -0.05) is 42.1 Å². The third kappa shape index (κ3) is 3.32. The lowest BCUT2D eigenvalue weighted by Gasteiger charge is -2.20. The van der Waals surface area contributed by atoms with Crippen molar-refractivity contribution in [3.63, 3.8) is 0 Å². The van der Waals surface area contributed by atoms with Crippen molar-refractivity contribution in [1.29, 1.82) is 5.26 Å². The third-order valence-corrected chi connectivity index (χ3v) is 3.56. The van der Waals surface area contributed by atoms with Crippen LogP contribution in [0.3, 0.4) is 0 Å². The van der Waals surface area contributed by atoms with Crippen molar-refractivity contribution in [2.24, 2.45) is 0 Å². The number of benzene rings is 1. The number of rotatable bonds is 5. The van der Waals surface area contributed by atoms with E-state index in [0.29, 0.717) is 28.8 Å². The van der Waals surface area contributed by atoms with Gasteiger partial charge < -0.3 is 10.0 Å². The molecular weight excluding hydrogens is 284 g/mol. The van der Waals surface area contributed by atoms with Crippen molar-refractivity contribution in [3.05, 3.63) is 35.9 Å². The molecule has 0 spiro atoms. The summed E-state index contributed by atoms with van der Waals surface area (Å²) in [5.74, 6) is 0.546. The quantitative estimate of drug-likeness (QED) is 0.674. The molecule has 21 heavy (non-hydrogen) atoms. The summed E-state index contributed by atoms with van der Waals surface area (Å²) in [4.78, 5) is 10.7. The number of anilines is 1. The van der Waals surface area contributed by atoms with Gasteiger partial charge in [-0.3, -0.25) is 0 Å². The smallest absolute Gasteiger partial charge is 0.189 e. The fourth-order valence-electron chi connectivity index (χ4n) is 1.96. The monoisotopic (exact) mass is 300 g/mol. The molecule has 0 bridgehead atoms. The van der Waals surface area contributed by atoms with E-state index in [2.05, 4.69) is 16.0 Å². The number of thioether (sulfide) groups is 1. The second-order valence-electron chi connectivity index (χ2n) is 4.38. The van der Waals surface area contributed by atoms with Crippen LogP contribution in [0.15, 0.2) is 35.5 Å². The molecule has 0 fully saturated rings. The number of nitrogens with zero attached hydrogens (tertiary/aromatic N) is 4. The van der Waals surface area contributed by atoms with E-state index in [0.717, 1.165) is 5.56 Å². The third-order valence-electron chi connectivity index (χ3n) is 3.01. The minimum atomic E-state index is 0.000638. The summed E-state index contributed by atoms with van der Waals surface area (Å²) in [5, 5.41) is 19.2. The Bertz CT molecular complexity index is 655. The van der Waals surface area contributed by atoms with Gasteiger partial charge in [0.05, 0.1) is 12.3 Å². The van der Waals surface area contributed by atoms with Gasteiger partial charge in [0.25, 0.3) is 0 Å². The molecule has 0 aliphatic rings. The average molecular weight is 300 g/mol. The van der Waals surface area contributed by atoms with Gasteiger partial charge in [-0.05, 0) is 6.26 Å². The summed E-state index contributed by atoms with van der Waals surface area (Å²) in [6, 6.07) is 11.8. The first-order valence-corrected chi connectivity index (χ1v) is 7.67. The van der Waals surface area contributed by atoms with Crippen molar-refractivity contribution >= 4 is 17.6 Å². The molecule has 0 aliphatic carbocycles. The molecular formula is C15H16N4OS. The molecule has 1 N–H and O–H groups in total. The Hall–Kier alpha value is -2.10. The molecule has 2 rings (SSSR count). The van der Waals surface area contributed by atoms with Crippen molar-refractivity contribution in [2.75, 3.05) is 31.4 Å². The first-order chi connectivity index (χ1) is 10.2. The first-order valence-electron chi connectivity index (χ1n) is 6.44. The first kappa shape index (κ1) is 15.3. The average Bonchev–Trinajstić information content (AvgIpc) is 2.54. The maximum absolute atomic E-state index is 9.52. The van der Waals surface area contributed by atoms with Crippen LogP contribution in [0.4, 0.5) is 5.82 Å². The van der Waals surface area contributed by atoms with E-state index in [1.54, 1.807) is 11.9 Å². The molecule has 0 aliphatic heterocycles. The second kappa shape index (κ2) is 7.07. The van der Waals surface area contributed by atoms with Crippen molar-refractivity contribution in [2.45, 2.75) is 5.16 Å². The molecule has 0 amide bonds. The zero-order chi connectivity index (χ0) is 15.2. The zero-order valence-electron chi connectivity index (χ0n) is 11.9. The van der Waals surface area contributed by atoms with Crippen molar-refractivity contribution in [1.82, 2.24) is 9.97 Å². The van der Waals surface area contributed by atoms with Crippen LogP contribution in [-0.4, -0.2) is 41.5 Å². The Morgan fingerprint density at radius 1 is 1.29 bits per heavy atom. The molecule has 1 aromatic heterocycles. The molecule has 0 radical (unpaired) electrons. The predicted molar refractivity (Wildman–Crippen MR) is 84.3 cm³/mol. The summed E-state index contributed by atoms with van der Waals surface area (Å²) in [7, 11) is 1.80. The van der Waals surface area contributed by atoms with Gasteiger partial charge >= 0.3 is 0 Å². The second-order valence-corrected chi connectivity index (χ2v) is 5.15. The molecule has 0 atom stereocenters. The summed E-state index contributed by atoms with van der Waals surface area (Å²) < 4.78 is 0. The fourth-order valence-corrected chi connectivity index (χ4v) is 2.32. The van der Waals surface area contributed by atoms with Crippen LogP contribution in [0.1, 0.15) is 5.56 Å². The Morgan fingerprint density at radius 2 is 2.00 bits per heavy atom. The van der Waals surface area contributed by atoms with Crippen LogP contribution in [0.2, 0.25) is 0 Å². The highest BCUT2D eigenvalue weighted by Gasteiger charge is 2.18. The molecule has 2 aromatic rings. The molecule has 108 valence electrons. The van der Waals surface area contributed by atoms with E-state index >= 15 is 0 Å². The predicted octanol–water partition coefficient (Wildman–Crippen LogP) is 2.17. The Kier molecular flexibility index (Phi) is 5.14. The number of aliphatic hydroxyl groups excluding tert-OH is 1. The van der Waals surface area contributed by atoms with Crippen molar-refractivity contribution < 1.29 is 5.11 Å². The van der Waals surface area contributed by atoms with Crippen LogP contribution in [-0.2, 0) is 0 Å². The normalized spacial score (nSPS) is 10.2. The largest absolute Gasteiger partial charge is 0.395 e. The number of nitriles is 1. The van der Waals surface area contributed by atoms with Gasteiger partial charge in [-0.15, -0.1) is 0 Å². The van der Waals surface area contributed by atoms with Gasteiger partial charge in [-0.25, -0.2) is 9.97 Å². The molecule has 6 heteroatoms.